The highest BCUT2D eigenvalue weighted by Gasteiger charge is 2.14. The van der Waals surface area contributed by atoms with E-state index in [4.69, 9.17) is 5.11 Å². The summed E-state index contributed by atoms with van der Waals surface area (Å²) in [5.74, 6) is -2.69. The van der Waals surface area contributed by atoms with Gasteiger partial charge >= 0.3 is 0 Å². The molecule has 0 aliphatic carbocycles. The van der Waals surface area contributed by atoms with Gasteiger partial charge in [0.05, 0.1) is 5.56 Å². The summed E-state index contributed by atoms with van der Waals surface area (Å²) < 4.78 is 24.8. The summed E-state index contributed by atoms with van der Waals surface area (Å²) in [5.41, 5.74) is 0.271. The van der Waals surface area contributed by atoms with E-state index >= 15 is 0 Å². The van der Waals surface area contributed by atoms with E-state index in [9.17, 15) is 13.6 Å². The molecule has 0 fully saturated rings. The van der Waals surface area contributed by atoms with E-state index in [1.807, 2.05) is 6.92 Å². The van der Waals surface area contributed by atoms with Crippen LogP contribution in [0.25, 0.3) is 0 Å². The number of hydrogen-bond donors (Lipinski definition) is 2. The predicted octanol–water partition coefficient (Wildman–Crippen LogP) is 3.14. The number of aliphatic hydroxyl groups is 1. The molecule has 0 saturated heterocycles. The molecule has 0 aliphatic rings. The number of amides is 1. The normalized spacial score (nSPS) is 12.4. The molecule has 20 heavy (non-hydrogen) atoms. The lowest BCUT2D eigenvalue weighted by Gasteiger charge is -2.10. The van der Waals surface area contributed by atoms with Crippen LogP contribution in [0, 0.1) is 5.92 Å². The van der Waals surface area contributed by atoms with Gasteiger partial charge in [-0.05, 0) is 30.9 Å². The van der Waals surface area contributed by atoms with Crippen molar-refractivity contribution in [2.24, 2.45) is 5.92 Å². The first-order chi connectivity index (χ1) is 9.54. The summed E-state index contributed by atoms with van der Waals surface area (Å²) >= 11 is 0.374. The molecule has 6 heteroatoms. The van der Waals surface area contributed by atoms with Crippen molar-refractivity contribution in [1.29, 1.82) is 0 Å². The molecule has 2 N–H and O–H groups in total. The van der Waals surface area contributed by atoms with Crippen LogP contribution in [0.5, 0.6) is 0 Å². The minimum Gasteiger partial charge on any atom is -0.396 e. The molecule has 1 rings (SSSR count). The summed E-state index contributed by atoms with van der Waals surface area (Å²) in [6.07, 6.45) is 1.56. The van der Waals surface area contributed by atoms with Crippen LogP contribution in [0.3, 0.4) is 0 Å². The number of alkyl halides is 2. The number of benzene rings is 1. The molecule has 1 amide bonds. The summed E-state index contributed by atoms with van der Waals surface area (Å²) in [5, 5.41) is 11.6. The molecule has 1 aromatic rings. The van der Waals surface area contributed by atoms with E-state index in [0.717, 1.165) is 12.8 Å². The Morgan fingerprint density at radius 1 is 1.40 bits per heavy atom. The number of aliphatic hydroxyl groups excluding tert-OH is 1. The van der Waals surface area contributed by atoms with Crippen LogP contribution in [-0.4, -0.2) is 29.9 Å². The fourth-order valence-electron chi connectivity index (χ4n) is 1.69. The molecule has 0 aromatic heterocycles. The molecular weight excluding hydrogens is 284 g/mol. The zero-order chi connectivity index (χ0) is 15.0. The van der Waals surface area contributed by atoms with Crippen LogP contribution in [0.15, 0.2) is 29.2 Å². The molecule has 112 valence electrons. The van der Waals surface area contributed by atoms with Crippen molar-refractivity contribution < 1.29 is 18.7 Å². The molecule has 0 radical (unpaired) electrons. The molecule has 0 aliphatic heterocycles. The fourth-order valence-corrected chi connectivity index (χ4v) is 2.33. The Hall–Kier alpha value is -1.14. The van der Waals surface area contributed by atoms with Gasteiger partial charge < -0.3 is 10.4 Å². The van der Waals surface area contributed by atoms with Crippen molar-refractivity contribution in [3.8, 4) is 0 Å². The van der Waals surface area contributed by atoms with E-state index in [1.54, 1.807) is 12.1 Å². The second-order valence-electron chi connectivity index (χ2n) is 4.56. The number of halogens is 2. The molecule has 0 saturated carbocycles. The molecule has 1 unspecified atom stereocenters. The van der Waals surface area contributed by atoms with Gasteiger partial charge in [0, 0.05) is 18.0 Å². The number of carbonyl (C=O) groups is 1. The Bertz CT molecular complexity index is 429. The number of rotatable bonds is 8. The van der Waals surface area contributed by atoms with Gasteiger partial charge in [-0.1, -0.05) is 30.8 Å². The Balaban J connectivity index is 2.51. The van der Waals surface area contributed by atoms with Crippen molar-refractivity contribution in [2.45, 2.75) is 30.4 Å². The highest BCUT2D eigenvalue weighted by Crippen LogP contribution is 2.28. The van der Waals surface area contributed by atoms with Crippen LogP contribution in [0.1, 0.15) is 30.1 Å². The van der Waals surface area contributed by atoms with Crippen LogP contribution in [0.2, 0.25) is 0 Å². The highest BCUT2D eigenvalue weighted by molar-refractivity contribution is 7.99. The van der Waals surface area contributed by atoms with Crippen LogP contribution < -0.4 is 5.32 Å². The first-order valence-electron chi connectivity index (χ1n) is 6.47. The van der Waals surface area contributed by atoms with Gasteiger partial charge in [0.1, 0.15) is 0 Å². The fraction of sp³-hybridized carbons (Fsp3) is 0.500. The van der Waals surface area contributed by atoms with Gasteiger partial charge in [-0.15, -0.1) is 0 Å². The Labute approximate surface area is 121 Å². The largest absolute Gasteiger partial charge is 0.396 e. The van der Waals surface area contributed by atoms with E-state index in [0.29, 0.717) is 18.3 Å². The summed E-state index contributed by atoms with van der Waals surface area (Å²) in [6, 6.07) is 6.33. The highest BCUT2D eigenvalue weighted by atomic mass is 32.2. The lowest BCUT2D eigenvalue weighted by molar-refractivity contribution is 0.0949. The maximum Gasteiger partial charge on any atom is 0.288 e. The maximum absolute atomic E-state index is 12.4. The van der Waals surface area contributed by atoms with Gasteiger partial charge in [-0.25, -0.2) is 0 Å². The third kappa shape index (κ3) is 5.88. The molecule has 1 aromatic carbocycles. The lowest BCUT2D eigenvalue weighted by atomic mass is 10.1. The predicted molar refractivity (Wildman–Crippen MR) is 76.1 cm³/mol. The van der Waals surface area contributed by atoms with Gasteiger partial charge in [-0.3, -0.25) is 4.79 Å². The van der Waals surface area contributed by atoms with E-state index < -0.39 is 5.76 Å². The zero-order valence-electron chi connectivity index (χ0n) is 11.3. The van der Waals surface area contributed by atoms with Crippen LogP contribution in [-0.2, 0) is 0 Å². The Kier molecular flexibility index (Phi) is 7.54. The lowest BCUT2D eigenvalue weighted by Crippen LogP contribution is -2.25. The quantitative estimate of drug-likeness (QED) is 0.573. The minimum atomic E-state index is -2.55. The topological polar surface area (TPSA) is 49.3 Å². The standard InChI is InChI=1S/C14H19F2NO2S/c1-10(9-18)5-4-8-17-13(19)11-6-2-3-7-12(11)20-14(15)16/h2-3,6-7,10,14,18H,4-5,8-9H2,1H3,(H,17,19). The van der Waals surface area contributed by atoms with Gasteiger partial charge in [0.15, 0.2) is 0 Å². The van der Waals surface area contributed by atoms with Crippen molar-refractivity contribution in [3.63, 3.8) is 0 Å². The Morgan fingerprint density at radius 2 is 2.10 bits per heavy atom. The number of thioether (sulfide) groups is 1. The summed E-state index contributed by atoms with van der Waals surface area (Å²) in [6.45, 7) is 2.52. The molecule has 0 heterocycles. The van der Waals surface area contributed by atoms with Crippen molar-refractivity contribution in [2.75, 3.05) is 13.2 Å². The summed E-state index contributed by atoms with van der Waals surface area (Å²) in [7, 11) is 0. The third-order valence-electron chi connectivity index (χ3n) is 2.82. The van der Waals surface area contributed by atoms with Crippen molar-refractivity contribution in [3.05, 3.63) is 29.8 Å². The summed E-state index contributed by atoms with van der Waals surface area (Å²) in [4.78, 5) is 12.2. The SMILES string of the molecule is CC(CO)CCCNC(=O)c1ccccc1SC(F)F. The van der Waals surface area contributed by atoms with E-state index in [2.05, 4.69) is 5.32 Å². The van der Waals surface area contributed by atoms with E-state index in [-0.39, 0.29) is 28.9 Å². The van der Waals surface area contributed by atoms with Crippen molar-refractivity contribution >= 4 is 17.7 Å². The maximum atomic E-state index is 12.4. The number of carbonyl (C=O) groups excluding carboxylic acids is 1. The third-order valence-corrected chi connectivity index (χ3v) is 3.61. The first-order valence-corrected chi connectivity index (χ1v) is 7.35. The molecule has 0 bridgehead atoms. The van der Waals surface area contributed by atoms with Gasteiger partial charge in [-0.2, -0.15) is 8.78 Å². The minimum absolute atomic E-state index is 0.127. The molecule has 3 nitrogen and oxygen atoms in total. The van der Waals surface area contributed by atoms with E-state index in [1.165, 1.54) is 12.1 Å². The number of nitrogens with one attached hydrogen (secondary N) is 1. The molecular formula is C14H19F2NO2S. The molecule has 1 atom stereocenters. The second kappa shape index (κ2) is 8.92. The second-order valence-corrected chi connectivity index (χ2v) is 5.59. The van der Waals surface area contributed by atoms with Crippen LogP contribution >= 0.6 is 11.8 Å². The smallest absolute Gasteiger partial charge is 0.288 e. The zero-order valence-corrected chi connectivity index (χ0v) is 12.1. The van der Waals surface area contributed by atoms with Crippen LogP contribution in [0.4, 0.5) is 8.78 Å². The first kappa shape index (κ1) is 16.9. The van der Waals surface area contributed by atoms with Gasteiger partial charge in [0.25, 0.3) is 11.7 Å². The Morgan fingerprint density at radius 3 is 2.75 bits per heavy atom. The van der Waals surface area contributed by atoms with Gasteiger partial charge in [0.2, 0.25) is 0 Å². The van der Waals surface area contributed by atoms with Crippen molar-refractivity contribution in [1.82, 2.24) is 5.32 Å². The average Bonchev–Trinajstić information content (AvgIpc) is 2.43. The molecule has 0 spiro atoms. The number of hydrogen-bond acceptors (Lipinski definition) is 3. The average molecular weight is 303 g/mol. The monoisotopic (exact) mass is 303 g/mol.